The van der Waals surface area contributed by atoms with Crippen molar-refractivity contribution in [3.05, 3.63) is 29.6 Å². The summed E-state index contributed by atoms with van der Waals surface area (Å²) in [6, 6.07) is 2.78. The molecule has 0 heterocycles. The second-order valence-corrected chi connectivity index (χ2v) is 6.59. The minimum absolute atomic E-state index is 0.0795. The predicted molar refractivity (Wildman–Crippen MR) is 73.7 cm³/mol. The molecule has 1 aromatic carbocycles. The molecule has 2 unspecified atom stereocenters. The van der Waals surface area contributed by atoms with Crippen molar-refractivity contribution < 1.29 is 22.3 Å². The number of nitrogens with one attached hydrogen (secondary N) is 1. The number of carbonyl (C=O) groups is 1. The third-order valence-corrected chi connectivity index (χ3v) is 4.48. The van der Waals surface area contributed by atoms with Gasteiger partial charge in [0.2, 0.25) is 10.0 Å². The van der Waals surface area contributed by atoms with Gasteiger partial charge in [-0.25, -0.2) is 17.9 Å². The molecule has 2 atom stereocenters. The van der Waals surface area contributed by atoms with Gasteiger partial charge in [-0.1, -0.05) is 0 Å². The number of benzene rings is 1. The monoisotopic (exact) mass is 316 g/mol. The molecule has 1 saturated carbocycles. The van der Waals surface area contributed by atoms with Crippen LogP contribution >= 0.6 is 0 Å². The topological polar surface area (TPSA) is 98.5 Å². The van der Waals surface area contributed by atoms with Crippen LogP contribution in [0.25, 0.3) is 0 Å². The molecule has 116 valence electrons. The van der Waals surface area contributed by atoms with Crippen molar-refractivity contribution in [2.75, 3.05) is 7.11 Å². The quantitative estimate of drug-likeness (QED) is 0.857. The number of halogens is 1. The first-order valence-corrected chi connectivity index (χ1v) is 8.02. The highest BCUT2D eigenvalue weighted by molar-refractivity contribution is 7.89. The molecule has 0 spiro atoms. The van der Waals surface area contributed by atoms with E-state index in [0.717, 1.165) is 31.0 Å². The van der Waals surface area contributed by atoms with Crippen LogP contribution in [0, 0.1) is 5.82 Å². The lowest BCUT2D eigenvalue weighted by molar-refractivity contribution is 0.0911. The molecule has 0 saturated heterocycles. The molecule has 21 heavy (non-hydrogen) atoms. The molecule has 0 bridgehead atoms. The van der Waals surface area contributed by atoms with Gasteiger partial charge in [-0.05, 0) is 37.5 Å². The molecule has 0 radical (unpaired) electrons. The van der Waals surface area contributed by atoms with Gasteiger partial charge >= 0.3 is 0 Å². The number of nitrogens with two attached hydrogens (primary N) is 1. The first kappa shape index (κ1) is 15.9. The first-order chi connectivity index (χ1) is 9.81. The molecule has 0 aliphatic heterocycles. The molecule has 1 aliphatic rings. The van der Waals surface area contributed by atoms with Gasteiger partial charge < -0.3 is 10.1 Å². The van der Waals surface area contributed by atoms with E-state index >= 15 is 0 Å². The third-order valence-electron chi connectivity index (χ3n) is 3.56. The Bertz CT molecular complexity index is 648. The molecule has 0 aromatic heterocycles. The lowest BCUT2D eigenvalue weighted by Gasteiger charge is -2.13. The molecular formula is C13H17FN2O4S. The summed E-state index contributed by atoms with van der Waals surface area (Å²) in [5, 5.41) is 7.66. The van der Waals surface area contributed by atoms with Crippen LogP contribution in [-0.4, -0.2) is 33.6 Å². The number of primary sulfonamides is 1. The van der Waals surface area contributed by atoms with E-state index in [0.29, 0.717) is 6.42 Å². The normalized spacial score (nSPS) is 22.2. The zero-order chi connectivity index (χ0) is 15.6. The fourth-order valence-corrected chi connectivity index (χ4v) is 2.94. The van der Waals surface area contributed by atoms with E-state index in [1.54, 1.807) is 7.11 Å². The lowest BCUT2D eigenvalue weighted by atomic mass is 10.1. The van der Waals surface area contributed by atoms with Crippen LogP contribution in [0.3, 0.4) is 0 Å². The molecule has 1 amide bonds. The van der Waals surface area contributed by atoms with E-state index in [4.69, 9.17) is 9.88 Å². The molecule has 1 aliphatic carbocycles. The van der Waals surface area contributed by atoms with Gasteiger partial charge in [-0.15, -0.1) is 0 Å². The highest BCUT2D eigenvalue weighted by atomic mass is 32.2. The lowest BCUT2D eigenvalue weighted by Crippen LogP contribution is -2.34. The standard InChI is InChI=1S/C13H17FN2O4S/c1-20-9-3-2-8(6-9)16-13(17)11-7-10(21(15,18)19)4-5-12(11)14/h4-5,7-9H,2-3,6H2,1H3,(H,16,17)(H2,15,18,19). The Balaban J connectivity index is 2.16. The van der Waals surface area contributed by atoms with E-state index in [1.807, 2.05) is 0 Å². The number of carbonyl (C=O) groups excluding carboxylic acids is 1. The van der Waals surface area contributed by atoms with Crippen molar-refractivity contribution in [1.82, 2.24) is 5.32 Å². The number of hydrogen-bond acceptors (Lipinski definition) is 4. The zero-order valence-corrected chi connectivity index (χ0v) is 12.3. The minimum atomic E-state index is -3.98. The highest BCUT2D eigenvalue weighted by Gasteiger charge is 2.27. The zero-order valence-electron chi connectivity index (χ0n) is 11.5. The van der Waals surface area contributed by atoms with E-state index in [1.165, 1.54) is 0 Å². The number of methoxy groups -OCH3 is 1. The highest BCUT2D eigenvalue weighted by Crippen LogP contribution is 2.22. The summed E-state index contributed by atoms with van der Waals surface area (Å²) < 4.78 is 41.4. The van der Waals surface area contributed by atoms with Gasteiger partial charge in [0, 0.05) is 13.2 Å². The maximum atomic E-state index is 13.7. The van der Waals surface area contributed by atoms with Crippen molar-refractivity contribution in [2.24, 2.45) is 5.14 Å². The van der Waals surface area contributed by atoms with Crippen molar-refractivity contribution >= 4 is 15.9 Å². The fourth-order valence-electron chi connectivity index (χ4n) is 2.40. The van der Waals surface area contributed by atoms with Crippen LogP contribution in [0.5, 0.6) is 0 Å². The Kier molecular flexibility index (Phi) is 4.60. The average molecular weight is 316 g/mol. The number of hydrogen-bond donors (Lipinski definition) is 2. The van der Waals surface area contributed by atoms with Crippen molar-refractivity contribution in [1.29, 1.82) is 0 Å². The maximum Gasteiger partial charge on any atom is 0.254 e. The Labute approximate surface area is 122 Å². The van der Waals surface area contributed by atoms with Crippen LogP contribution in [0.1, 0.15) is 29.6 Å². The predicted octanol–water partition coefficient (Wildman–Crippen LogP) is 0.770. The summed E-state index contributed by atoms with van der Waals surface area (Å²) in [5.74, 6) is -1.44. The molecule has 2 rings (SSSR count). The van der Waals surface area contributed by atoms with Gasteiger partial charge in [0.05, 0.1) is 16.6 Å². The average Bonchev–Trinajstić information content (AvgIpc) is 2.85. The van der Waals surface area contributed by atoms with E-state index in [-0.39, 0.29) is 22.6 Å². The fraction of sp³-hybridized carbons (Fsp3) is 0.462. The largest absolute Gasteiger partial charge is 0.381 e. The molecular weight excluding hydrogens is 299 g/mol. The summed E-state index contributed by atoms with van der Waals surface area (Å²) in [7, 11) is -2.38. The second kappa shape index (κ2) is 6.08. The molecule has 3 N–H and O–H groups in total. The Morgan fingerprint density at radius 1 is 1.43 bits per heavy atom. The summed E-state index contributed by atoms with van der Waals surface area (Å²) in [4.78, 5) is 11.8. The molecule has 1 fully saturated rings. The van der Waals surface area contributed by atoms with Crippen LogP contribution in [-0.2, 0) is 14.8 Å². The summed E-state index contributed by atoms with van der Waals surface area (Å²) in [6.45, 7) is 0. The number of rotatable bonds is 4. The Morgan fingerprint density at radius 3 is 2.71 bits per heavy atom. The molecule has 1 aromatic rings. The van der Waals surface area contributed by atoms with Gasteiger partial charge in [-0.3, -0.25) is 4.79 Å². The third kappa shape index (κ3) is 3.78. The van der Waals surface area contributed by atoms with E-state index in [9.17, 15) is 17.6 Å². The number of ether oxygens (including phenoxy) is 1. The smallest absolute Gasteiger partial charge is 0.254 e. The van der Waals surface area contributed by atoms with Crippen LogP contribution < -0.4 is 10.5 Å². The SMILES string of the molecule is COC1CCC(NC(=O)c2cc(S(N)(=O)=O)ccc2F)C1. The minimum Gasteiger partial charge on any atom is -0.381 e. The van der Waals surface area contributed by atoms with Crippen molar-refractivity contribution in [3.63, 3.8) is 0 Å². The summed E-state index contributed by atoms with van der Waals surface area (Å²) in [6.07, 6.45) is 2.29. The number of amides is 1. The van der Waals surface area contributed by atoms with Gasteiger partial charge in [-0.2, -0.15) is 0 Å². The Hall–Kier alpha value is -1.51. The molecule has 6 nitrogen and oxygen atoms in total. The molecule has 8 heteroatoms. The van der Waals surface area contributed by atoms with Gasteiger partial charge in [0.15, 0.2) is 0 Å². The van der Waals surface area contributed by atoms with Crippen LogP contribution in [0.2, 0.25) is 0 Å². The summed E-state index contributed by atoms with van der Waals surface area (Å²) >= 11 is 0. The maximum absolute atomic E-state index is 13.7. The first-order valence-electron chi connectivity index (χ1n) is 6.47. The Morgan fingerprint density at radius 2 is 2.14 bits per heavy atom. The van der Waals surface area contributed by atoms with Gasteiger partial charge in [0.25, 0.3) is 5.91 Å². The van der Waals surface area contributed by atoms with Gasteiger partial charge in [0.1, 0.15) is 5.82 Å². The van der Waals surface area contributed by atoms with Crippen LogP contribution in [0.15, 0.2) is 23.1 Å². The van der Waals surface area contributed by atoms with Crippen molar-refractivity contribution in [2.45, 2.75) is 36.3 Å². The van der Waals surface area contributed by atoms with E-state index < -0.39 is 21.7 Å². The number of sulfonamides is 1. The van der Waals surface area contributed by atoms with Crippen LogP contribution in [0.4, 0.5) is 4.39 Å². The van der Waals surface area contributed by atoms with E-state index in [2.05, 4.69) is 5.32 Å². The second-order valence-electron chi connectivity index (χ2n) is 5.03. The van der Waals surface area contributed by atoms with Crippen molar-refractivity contribution in [3.8, 4) is 0 Å². The summed E-state index contributed by atoms with van der Waals surface area (Å²) in [5.41, 5.74) is -0.331.